The number of rotatable bonds is 3. The van der Waals surface area contributed by atoms with Crippen LogP contribution in [0.3, 0.4) is 0 Å². The van der Waals surface area contributed by atoms with Crippen molar-refractivity contribution in [3.63, 3.8) is 0 Å². The number of hydrogen-bond acceptors (Lipinski definition) is 3. The van der Waals surface area contributed by atoms with Gasteiger partial charge in [0.2, 0.25) is 0 Å². The van der Waals surface area contributed by atoms with Gasteiger partial charge in [0.05, 0.1) is 12.2 Å². The van der Waals surface area contributed by atoms with E-state index in [1.807, 2.05) is 24.5 Å². The first-order valence-corrected chi connectivity index (χ1v) is 6.09. The molecule has 0 amide bonds. The number of aromatic hydroxyl groups is 1. The summed E-state index contributed by atoms with van der Waals surface area (Å²) in [6, 6.07) is 5.06. The van der Waals surface area contributed by atoms with Gasteiger partial charge in [-0.15, -0.1) is 0 Å². The van der Waals surface area contributed by atoms with Crippen LogP contribution in [-0.4, -0.2) is 22.2 Å². The summed E-state index contributed by atoms with van der Waals surface area (Å²) in [5.41, 5.74) is 2.36. The Morgan fingerprint density at radius 1 is 1.39 bits per heavy atom. The molecule has 0 bridgehead atoms. The smallest absolute Gasteiger partial charge is 0.340 e. The minimum Gasteiger partial charge on any atom is -0.508 e. The van der Waals surface area contributed by atoms with Crippen LogP contribution >= 0.6 is 0 Å². The van der Waals surface area contributed by atoms with E-state index in [1.54, 1.807) is 19.1 Å². The van der Waals surface area contributed by atoms with E-state index >= 15 is 0 Å². The quantitative estimate of drug-likeness (QED) is 0.848. The molecule has 1 aromatic carbocycles. The van der Waals surface area contributed by atoms with Crippen LogP contribution in [0.1, 0.15) is 29.9 Å². The number of carbonyl (C=O) groups excluding carboxylic acids is 1. The van der Waals surface area contributed by atoms with Crippen molar-refractivity contribution in [1.82, 2.24) is 4.57 Å². The topological polar surface area (TPSA) is 51.5 Å². The molecule has 2 aromatic rings. The third-order valence-electron chi connectivity index (χ3n) is 3.10. The van der Waals surface area contributed by atoms with Gasteiger partial charge in [0.1, 0.15) is 5.75 Å². The lowest BCUT2D eigenvalue weighted by atomic mass is 10.1. The predicted octanol–water partition coefficient (Wildman–Crippen LogP) is 2.85. The Morgan fingerprint density at radius 2 is 2.11 bits per heavy atom. The molecule has 0 spiro atoms. The van der Waals surface area contributed by atoms with Crippen molar-refractivity contribution in [1.29, 1.82) is 0 Å². The highest BCUT2D eigenvalue weighted by Crippen LogP contribution is 2.29. The normalized spacial score (nSPS) is 10.8. The van der Waals surface area contributed by atoms with Crippen molar-refractivity contribution in [3.8, 4) is 5.75 Å². The van der Waals surface area contributed by atoms with E-state index < -0.39 is 0 Å². The highest BCUT2D eigenvalue weighted by molar-refractivity contribution is 6.06. The zero-order valence-corrected chi connectivity index (χ0v) is 10.9. The van der Waals surface area contributed by atoms with Gasteiger partial charge in [-0.3, -0.25) is 0 Å². The highest BCUT2D eigenvalue weighted by Gasteiger charge is 2.20. The molecule has 4 heteroatoms. The molecule has 96 valence electrons. The lowest BCUT2D eigenvalue weighted by molar-refractivity contribution is 0.0527. The molecule has 1 N–H and O–H groups in total. The minimum atomic E-state index is -0.335. The summed E-state index contributed by atoms with van der Waals surface area (Å²) in [6.45, 7) is 6.81. The summed E-state index contributed by atoms with van der Waals surface area (Å²) >= 11 is 0. The average Bonchev–Trinajstić information content (AvgIpc) is 2.60. The van der Waals surface area contributed by atoms with Crippen LogP contribution < -0.4 is 0 Å². The van der Waals surface area contributed by atoms with Crippen LogP contribution in [-0.2, 0) is 11.3 Å². The second-order valence-electron chi connectivity index (χ2n) is 4.13. The van der Waals surface area contributed by atoms with Gasteiger partial charge < -0.3 is 14.4 Å². The monoisotopic (exact) mass is 247 g/mol. The summed E-state index contributed by atoms with van der Waals surface area (Å²) in [6.07, 6.45) is 0. The van der Waals surface area contributed by atoms with Gasteiger partial charge in [-0.2, -0.15) is 0 Å². The molecule has 0 aliphatic heterocycles. The maximum Gasteiger partial charge on any atom is 0.340 e. The molecule has 2 rings (SSSR count). The molecule has 0 radical (unpaired) electrons. The van der Waals surface area contributed by atoms with Crippen molar-refractivity contribution < 1.29 is 14.6 Å². The number of benzene rings is 1. The number of carbonyl (C=O) groups is 1. The Kier molecular flexibility index (Phi) is 3.28. The SMILES string of the molecule is CCOC(=O)c1c(C)n(CC)c2ccc(O)cc12. The Balaban J connectivity index is 2.74. The maximum atomic E-state index is 12.0. The fourth-order valence-corrected chi connectivity index (χ4v) is 2.34. The van der Waals surface area contributed by atoms with Crippen molar-refractivity contribution in [2.45, 2.75) is 27.3 Å². The lowest BCUT2D eigenvalue weighted by Crippen LogP contribution is -2.07. The highest BCUT2D eigenvalue weighted by atomic mass is 16.5. The number of phenolic OH excluding ortho intramolecular Hbond substituents is 1. The van der Waals surface area contributed by atoms with Crippen LogP contribution in [0.2, 0.25) is 0 Å². The Hall–Kier alpha value is -1.97. The van der Waals surface area contributed by atoms with E-state index in [0.29, 0.717) is 12.2 Å². The van der Waals surface area contributed by atoms with E-state index in [2.05, 4.69) is 0 Å². The number of nitrogens with zero attached hydrogens (tertiary/aromatic N) is 1. The number of hydrogen-bond donors (Lipinski definition) is 1. The van der Waals surface area contributed by atoms with Crippen LogP contribution in [0, 0.1) is 6.92 Å². The fourth-order valence-electron chi connectivity index (χ4n) is 2.34. The molecule has 0 fully saturated rings. The second kappa shape index (κ2) is 4.72. The van der Waals surface area contributed by atoms with Crippen LogP contribution in [0.25, 0.3) is 10.9 Å². The first-order valence-electron chi connectivity index (χ1n) is 6.09. The van der Waals surface area contributed by atoms with Crippen molar-refractivity contribution in [2.24, 2.45) is 0 Å². The van der Waals surface area contributed by atoms with Gasteiger partial charge in [0.25, 0.3) is 0 Å². The molecule has 1 heterocycles. The summed E-state index contributed by atoms with van der Waals surface area (Å²) in [5, 5.41) is 10.3. The van der Waals surface area contributed by atoms with Crippen LogP contribution in [0.4, 0.5) is 0 Å². The summed E-state index contributed by atoms with van der Waals surface area (Å²) < 4.78 is 7.12. The van der Waals surface area contributed by atoms with E-state index in [0.717, 1.165) is 23.1 Å². The molecule has 0 aliphatic rings. The molecule has 0 saturated heterocycles. The van der Waals surface area contributed by atoms with E-state index in [9.17, 15) is 9.90 Å². The molecule has 4 nitrogen and oxygen atoms in total. The first kappa shape index (κ1) is 12.5. The number of ether oxygens (including phenoxy) is 1. The van der Waals surface area contributed by atoms with E-state index in [-0.39, 0.29) is 11.7 Å². The molecular weight excluding hydrogens is 230 g/mol. The zero-order valence-electron chi connectivity index (χ0n) is 10.9. The second-order valence-corrected chi connectivity index (χ2v) is 4.13. The van der Waals surface area contributed by atoms with Crippen molar-refractivity contribution in [2.75, 3.05) is 6.61 Å². The molecule has 18 heavy (non-hydrogen) atoms. The third-order valence-corrected chi connectivity index (χ3v) is 3.10. The molecule has 0 saturated carbocycles. The number of aromatic nitrogens is 1. The number of phenols is 1. The predicted molar refractivity (Wildman–Crippen MR) is 70.0 cm³/mol. The Labute approximate surface area is 106 Å². The molecule has 1 aromatic heterocycles. The third kappa shape index (κ3) is 1.83. The number of esters is 1. The van der Waals surface area contributed by atoms with Crippen molar-refractivity contribution in [3.05, 3.63) is 29.5 Å². The van der Waals surface area contributed by atoms with Gasteiger partial charge in [-0.1, -0.05) is 0 Å². The number of fused-ring (bicyclic) bond motifs is 1. The molecular formula is C14H17NO3. The van der Waals surface area contributed by atoms with Crippen molar-refractivity contribution >= 4 is 16.9 Å². The maximum absolute atomic E-state index is 12.0. The number of aryl methyl sites for hydroxylation is 1. The van der Waals surface area contributed by atoms with Gasteiger partial charge >= 0.3 is 5.97 Å². The van der Waals surface area contributed by atoms with E-state index in [4.69, 9.17) is 4.74 Å². The van der Waals surface area contributed by atoms with Crippen LogP contribution in [0.15, 0.2) is 18.2 Å². The fraction of sp³-hybridized carbons (Fsp3) is 0.357. The molecule has 0 unspecified atom stereocenters. The van der Waals surface area contributed by atoms with Gasteiger partial charge in [-0.05, 0) is 39.0 Å². The van der Waals surface area contributed by atoms with Gasteiger partial charge in [0, 0.05) is 23.1 Å². The molecule has 0 aliphatic carbocycles. The zero-order chi connectivity index (χ0) is 13.3. The Morgan fingerprint density at radius 3 is 2.72 bits per heavy atom. The standard InChI is InChI=1S/C14H17NO3/c1-4-15-9(3)13(14(17)18-5-2)11-8-10(16)6-7-12(11)15/h6-8,16H,4-5H2,1-3H3. The van der Waals surface area contributed by atoms with Gasteiger partial charge in [-0.25, -0.2) is 4.79 Å². The summed E-state index contributed by atoms with van der Waals surface area (Å²) in [7, 11) is 0. The lowest BCUT2D eigenvalue weighted by Gasteiger charge is -2.04. The average molecular weight is 247 g/mol. The summed E-state index contributed by atoms with van der Waals surface area (Å²) in [5.74, 6) is -0.181. The largest absolute Gasteiger partial charge is 0.508 e. The molecule has 0 atom stereocenters. The summed E-state index contributed by atoms with van der Waals surface area (Å²) in [4.78, 5) is 12.0. The van der Waals surface area contributed by atoms with Gasteiger partial charge in [0.15, 0.2) is 0 Å². The van der Waals surface area contributed by atoms with Crippen LogP contribution in [0.5, 0.6) is 5.75 Å². The Bertz CT molecular complexity index is 599. The first-order chi connectivity index (χ1) is 8.60. The van der Waals surface area contributed by atoms with E-state index in [1.165, 1.54) is 0 Å². The minimum absolute atomic E-state index is 0.154.